The molecule has 15 heteroatoms. The lowest BCUT2D eigenvalue weighted by molar-refractivity contribution is -0.138. The highest BCUT2D eigenvalue weighted by Crippen LogP contribution is 2.48. The molecule has 0 saturated heterocycles. The molecule has 0 spiro atoms. The van der Waals surface area contributed by atoms with Crippen molar-refractivity contribution in [3.8, 4) is 0 Å². The summed E-state index contributed by atoms with van der Waals surface area (Å²) in [7, 11) is -2.09. The number of H-pyrrole nitrogens is 1. The highest BCUT2D eigenvalue weighted by Gasteiger charge is 2.50. The molecule has 0 bridgehead atoms. The number of aromatic amines is 1. The Labute approximate surface area is 251 Å². The second kappa shape index (κ2) is 12.2. The van der Waals surface area contributed by atoms with Crippen LogP contribution >= 0.6 is 23.2 Å². The van der Waals surface area contributed by atoms with Crippen LogP contribution in [-0.2, 0) is 26.3 Å². The maximum absolute atomic E-state index is 14.3. The second-order valence-corrected chi connectivity index (χ2v) is 13.3. The van der Waals surface area contributed by atoms with Crippen molar-refractivity contribution in [1.82, 2.24) is 24.8 Å². The molecule has 2 aliphatic rings. The van der Waals surface area contributed by atoms with Crippen molar-refractivity contribution in [2.75, 3.05) is 13.3 Å². The Kier molecular flexibility index (Phi) is 8.76. The molecule has 2 aromatic carbocycles. The lowest BCUT2D eigenvalue weighted by atomic mass is 9.76. The first-order valence-corrected chi connectivity index (χ1v) is 15.8. The Morgan fingerprint density at radius 1 is 1.17 bits per heavy atom. The maximum Gasteiger partial charge on any atom is 0.438 e. The van der Waals surface area contributed by atoms with Gasteiger partial charge in [0.2, 0.25) is 10.0 Å². The molecule has 224 valence electrons. The van der Waals surface area contributed by atoms with E-state index in [1.54, 1.807) is 41.3 Å². The zero-order valence-electron chi connectivity index (χ0n) is 22.7. The fourth-order valence-corrected chi connectivity index (χ4v) is 7.18. The zero-order valence-corrected chi connectivity index (χ0v) is 25.1. The number of fused-ring (bicyclic) bond motifs is 1. The van der Waals surface area contributed by atoms with E-state index in [2.05, 4.69) is 20.1 Å². The molecule has 1 aliphatic carbocycles. The quantitative estimate of drug-likeness (QED) is 0.356. The summed E-state index contributed by atoms with van der Waals surface area (Å²) in [6.45, 7) is -0.287. The van der Waals surface area contributed by atoms with Gasteiger partial charge in [-0.2, -0.15) is 0 Å². The molecule has 12 nitrogen and oxygen atoms in total. The summed E-state index contributed by atoms with van der Waals surface area (Å²) in [4.78, 5) is 48.9. The van der Waals surface area contributed by atoms with Crippen molar-refractivity contribution < 1.29 is 27.4 Å². The first-order chi connectivity index (χ1) is 20.0. The average molecular weight is 639 g/mol. The number of aromatic nitrogens is 2. The highest BCUT2D eigenvalue weighted by molar-refractivity contribution is 7.88. The Hall–Kier alpha value is -3.23. The molecular weight excluding hydrogens is 609 g/mol. The number of sulfonamides is 1. The summed E-state index contributed by atoms with van der Waals surface area (Å²) >= 11 is 12.9. The predicted molar refractivity (Wildman–Crippen MR) is 153 cm³/mol. The van der Waals surface area contributed by atoms with Gasteiger partial charge in [0.1, 0.15) is 6.61 Å². The van der Waals surface area contributed by atoms with Crippen LogP contribution in [0.3, 0.4) is 0 Å². The molecule has 2 N–H and O–H groups in total. The number of likely N-dealkylation sites (N-methyl/N-ethyl adjacent to an activating group) is 1. The van der Waals surface area contributed by atoms with Crippen molar-refractivity contribution in [3.05, 3.63) is 85.6 Å². The fourth-order valence-electron chi connectivity index (χ4n) is 5.92. The largest absolute Gasteiger partial charge is 0.438 e. The number of hydrogen-bond donors (Lipinski definition) is 2. The molecule has 4 atom stereocenters. The van der Waals surface area contributed by atoms with Gasteiger partial charge in [0.05, 0.1) is 18.2 Å². The number of carbonyl (C=O) groups excluding carboxylic acids is 2. The van der Waals surface area contributed by atoms with Crippen molar-refractivity contribution >= 4 is 45.0 Å². The fraction of sp³-hybridized carbons (Fsp3) is 0.407. The molecular formula is C27H29Cl2N5O7S. The van der Waals surface area contributed by atoms with Crippen LogP contribution in [0.2, 0.25) is 10.0 Å². The molecule has 2 amide bonds. The first-order valence-electron chi connectivity index (χ1n) is 13.2. The second-order valence-electron chi connectivity index (χ2n) is 10.4. The lowest BCUT2D eigenvalue weighted by Gasteiger charge is -2.50. The number of amides is 2. The van der Waals surface area contributed by atoms with Crippen molar-refractivity contribution in [2.24, 2.45) is 0 Å². The number of nitrogens with zero attached hydrogens (tertiary/aromatic N) is 3. The number of hydroxylamine groups is 1. The minimum atomic E-state index is -3.60. The van der Waals surface area contributed by atoms with Gasteiger partial charge in [-0.05, 0) is 42.2 Å². The third-order valence-corrected chi connectivity index (χ3v) is 9.73. The Bertz CT molecular complexity index is 1660. The van der Waals surface area contributed by atoms with Crippen LogP contribution in [0, 0.1) is 0 Å². The minimum absolute atomic E-state index is 0.0623. The Morgan fingerprint density at radius 2 is 1.90 bits per heavy atom. The van der Waals surface area contributed by atoms with Crippen LogP contribution in [-0.4, -0.2) is 65.0 Å². The normalized spacial score (nSPS) is 22.7. The number of benzene rings is 2. The first kappa shape index (κ1) is 30.2. The van der Waals surface area contributed by atoms with Crippen LogP contribution < -0.4 is 11.2 Å². The zero-order chi connectivity index (χ0) is 30.2. The van der Waals surface area contributed by atoms with E-state index in [4.69, 9.17) is 28.0 Å². The number of hydrogen-bond acceptors (Lipinski definition) is 8. The molecule has 1 saturated carbocycles. The van der Waals surface area contributed by atoms with Crippen LogP contribution in [0.1, 0.15) is 65.0 Å². The Morgan fingerprint density at radius 3 is 2.60 bits per heavy atom. The number of rotatable bonds is 8. The van der Waals surface area contributed by atoms with E-state index >= 15 is 0 Å². The molecule has 5 rings (SSSR count). The van der Waals surface area contributed by atoms with Gasteiger partial charge in [-0.25, -0.2) is 23.0 Å². The van der Waals surface area contributed by atoms with Gasteiger partial charge in [-0.3, -0.25) is 23.9 Å². The van der Waals surface area contributed by atoms with Gasteiger partial charge in [-0.1, -0.05) is 65.5 Å². The molecule has 0 unspecified atom stereocenters. The van der Waals surface area contributed by atoms with E-state index in [9.17, 15) is 22.8 Å². The average Bonchev–Trinajstić information content (AvgIpc) is 3.37. The smallest absolute Gasteiger partial charge is 0.326 e. The molecule has 1 aliphatic heterocycles. The van der Waals surface area contributed by atoms with Crippen LogP contribution in [0.4, 0.5) is 0 Å². The standard InChI is InChI=1S/C27H29Cl2N5O7S/c1-33(42(2,38)39)20-9-5-6-10-21(20)34-24(18-12-11-15(28)13-19(18)29)23(16-7-3-4-8-17(16)26(34)36)25(35)32-40-14-22-30-27(37)41-31-22/h3-4,7-8,11-13,20-21,23-24H,5-6,9-10,14H2,1-2H3,(H,32,35)(H,30,31,37)/t20-,21-,23+,24-/m0/s1. The summed E-state index contributed by atoms with van der Waals surface area (Å²) in [5, 5.41) is 4.13. The summed E-state index contributed by atoms with van der Waals surface area (Å²) < 4.78 is 31.1. The highest BCUT2D eigenvalue weighted by atomic mass is 35.5. The van der Waals surface area contributed by atoms with E-state index in [-0.39, 0.29) is 23.4 Å². The van der Waals surface area contributed by atoms with E-state index < -0.39 is 45.7 Å². The summed E-state index contributed by atoms with van der Waals surface area (Å²) in [5.74, 6) is -2.66. The monoisotopic (exact) mass is 637 g/mol. The third kappa shape index (κ3) is 5.97. The van der Waals surface area contributed by atoms with Gasteiger partial charge >= 0.3 is 5.76 Å². The molecule has 0 radical (unpaired) electrons. The topological polar surface area (TPSA) is 155 Å². The maximum atomic E-state index is 14.3. The van der Waals surface area contributed by atoms with E-state index in [0.29, 0.717) is 34.6 Å². The molecule has 1 aromatic heterocycles. The molecule has 1 fully saturated rings. The minimum Gasteiger partial charge on any atom is -0.326 e. The molecule has 42 heavy (non-hydrogen) atoms. The van der Waals surface area contributed by atoms with Crippen LogP contribution in [0.5, 0.6) is 0 Å². The summed E-state index contributed by atoms with van der Waals surface area (Å²) in [6.07, 6.45) is 3.74. The molecule has 2 heterocycles. The number of nitrogens with one attached hydrogen (secondary N) is 2. The van der Waals surface area contributed by atoms with Gasteiger partial charge < -0.3 is 4.90 Å². The third-order valence-electron chi connectivity index (χ3n) is 7.85. The number of carbonyl (C=O) groups is 2. The number of halogens is 2. The van der Waals surface area contributed by atoms with Gasteiger partial charge in [0.15, 0.2) is 5.82 Å². The van der Waals surface area contributed by atoms with Gasteiger partial charge in [-0.15, -0.1) is 0 Å². The van der Waals surface area contributed by atoms with Crippen molar-refractivity contribution in [3.63, 3.8) is 0 Å². The SMILES string of the molecule is CN([C@H]1CCCC[C@@H]1N1C(=O)c2ccccc2[C@@H](C(=O)NOCc2noc(=O)[nH]2)[C@@H]1c1ccc(Cl)cc1Cl)S(C)(=O)=O. The van der Waals surface area contributed by atoms with Crippen LogP contribution in [0.25, 0.3) is 0 Å². The predicted octanol–water partition coefficient (Wildman–Crippen LogP) is 3.40. The van der Waals surface area contributed by atoms with E-state index in [0.717, 1.165) is 19.1 Å². The van der Waals surface area contributed by atoms with Crippen LogP contribution in [0.15, 0.2) is 51.8 Å². The Balaban J connectivity index is 1.62. The van der Waals surface area contributed by atoms with E-state index in [1.165, 1.54) is 17.4 Å². The molecule has 3 aromatic rings. The van der Waals surface area contributed by atoms with Gasteiger partial charge in [0.25, 0.3) is 11.8 Å². The van der Waals surface area contributed by atoms with E-state index in [1.807, 2.05) is 0 Å². The summed E-state index contributed by atoms with van der Waals surface area (Å²) in [6, 6.07) is 9.57. The van der Waals surface area contributed by atoms with Crippen molar-refractivity contribution in [1.29, 1.82) is 0 Å². The van der Waals surface area contributed by atoms with Gasteiger partial charge in [0, 0.05) is 34.7 Å². The summed E-state index contributed by atoms with van der Waals surface area (Å²) in [5.41, 5.74) is 3.66. The lowest BCUT2D eigenvalue weighted by Crippen LogP contribution is -2.59. The van der Waals surface area contributed by atoms with Crippen molar-refractivity contribution in [2.45, 2.75) is 56.3 Å².